The fourth-order valence-electron chi connectivity index (χ4n) is 3.27. The number of aryl methyl sites for hydroxylation is 3. The zero-order chi connectivity index (χ0) is 19.7. The van der Waals surface area contributed by atoms with Gasteiger partial charge < -0.3 is 19.9 Å². The zero-order valence-corrected chi connectivity index (χ0v) is 16.5. The van der Waals surface area contributed by atoms with Crippen LogP contribution in [0.4, 0.5) is 5.69 Å². The van der Waals surface area contributed by atoms with Crippen LogP contribution in [0.15, 0.2) is 30.3 Å². The standard InChI is InChI=1S/C21H26N4O2/c1-13-7-6-8-15(12-26)17(13)11-22-18-9-16(21(27)24(3)4)10-19-20(18)23-14(2)25(19)5/h6-10,22,26H,11-12H2,1-5H3. The van der Waals surface area contributed by atoms with Crippen LogP contribution in [0, 0.1) is 13.8 Å². The first-order valence-corrected chi connectivity index (χ1v) is 8.94. The smallest absolute Gasteiger partial charge is 0.253 e. The lowest BCUT2D eigenvalue weighted by Gasteiger charge is -2.15. The molecule has 0 saturated carbocycles. The second-order valence-corrected chi connectivity index (χ2v) is 7.03. The first kappa shape index (κ1) is 18.9. The molecule has 1 aromatic heterocycles. The third kappa shape index (κ3) is 3.53. The van der Waals surface area contributed by atoms with E-state index in [0.717, 1.165) is 39.2 Å². The van der Waals surface area contributed by atoms with Gasteiger partial charge in [0.15, 0.2) is 0 Å². The third-order valence-electron chi connectivity index (χ3n) is 5.00. The lowest BCUT2D eigenvalue weighted by atomic mass is 10.0. The van der Waals surface area contributed by atoms with E-state index in [2.05, 4.69) is 10.3 Å². The van der Waals surface area contributed by atoms with Crippen molar-refractivity contribution >= 4 is 22.6 Å². The van der Waals surface area contributed by atoms with Gasteiger partial charge in [-0.15, -0.1) is 0 Å². The van der Waals surface area contributed by atoms with Crippen LogP contribution in [0.1, 0.15) is 32.9 Å². The molecule has 0 unspecified atom stereocenters. The number of carbonyl (C=O) groups is 1. The fraction of sp³-hybridized carbons (Fsp3) is 0.333. The van der Waals surface area contributed by atoms with E-state index < -0.39 is 0 Å². The fourth-order valence-corrected chi connectivity index (χ4v) is 3.27. The Morgan fingerprint density at radius 3 is 2.67 bits per heavy atom. The Labute approximate surface area is 159 Å². The number of imidazole rings is 1. The van der Waals surface area contributed by atoms with Crippen molar-refractivity contribution in [2.45, 2.75) is 27.0 Å². The van der Waals surface area contributed by atoms with Crippen LogP contribution in [0.25, 0.3) is 11.0 Å². The number of nitrogens with one attached hydrogen (secondary N) is 1. The highest BCUT2D eigenvalue weighted by molar-refractivity contribution is 6.01. The molecular weight excluding hydrogens is 340 g/mol. The van der Waals surface area contributed by atoms with Crippen LogP contribution >= 0.6 is 0 Å². The maximum atomic E-state index is 12.5. The average Bonchev–Trinajstić information content (AvgIpc) is 2.94. The SMILES string of the molecule is Cc1cccc(CO)c1CNc1cc(C(=O)N(C)C)cc2c1nc(C)n2C. The number of hydrogen-bond acceptors (Lipinski definition) is 4. The summed E-state index contributed by atoms with van der Waals surface area (Å²) in [5.74, 6) is 0.834. The Morgan fingerprint density at radius 1 is 1.26 bits per heavy atom. The molecule has 0 saturated heterocycles. The van der Waals surface area contributed by atoms with Crippen molar-refractivity contribution in [2.24, 2.45) is 7.05 Å². The molecule has 3 rings (SSSR count). The number of benzene rings is 2. The highest BCUT2D eigenvalue weighted by Gasteiger charge is 2.16. The minimum Gasteiger partial charge on any atom is -0.392 e. The van der Waals surface area contributed by atoms with Crippen LogP contribution < -0.4 is 5.32 Å². The summed E-state index contributed by atoms with van der Waals surface area (Å²) in [6.07, 6.45) is 0. The summed E-state index contributed by atoms with van der Waals surface area (Å²) in [5, 5.41) is 13.1. The van der Waals surface area contributed by atoms with Crippen LogP contribution in [0.5, 0.6) is 0 Å². The van der Waals surface area contributed by atoms with Crippen molar-refractivity contribution < 1.29 is 9.90 Å². The van der Waals surface area contributed by atoms with Crippen molar-refractivity contribution in [2.75, 3.05) is 19.4 Å². The Hall–Kier alpha value is -2.86. The van der Waals surface area contributed by atoms with E-state index in [-0.39, 0.29) is 12.5 Å². The van der Waals surface area contributed by atoms with Crippen LogP contribution in [0.2, 0.25) is 0 Å². The first-order valence-electron chi connectivity index (χ1n) is 8.94. The van der Waals surface area contributed by atoms with Gasteiger partial charge in [-0.05, 0) is 42.7 Å². The van der Waals surface area contributed by atoms with Gasteiger partial charge in [-0.25, -0.2) is 4.98 Å². The van der Waals surface area contributed by atoms with Crippen molar-refractivity contribution in [3.63, 3.8) is 0 Å². The molecule has 6 heteroatoms. The molecule has 142 valence electrons. The van der Waals surface area contributed by atoms with E-state index in [0.29, 0.717) is 12.1 Å². The van der Waals surface area contributed by atoms with Gasteiger partial charge in [0.25, 0.3) is 5.91 Å². The third-order valence-corrected chi connectivity index (χ3v) is 5.00. The molecule has 3 aromatic rings. The highest BCUT2D eigenvalue weighted by atomic mass is 16.3. The van der Waals surface area contributed by atoms with Crippen LogP contribution in [0.3, 0.4) is 0 Å². The predicted molar refractivity (Wildman–Crippen MR) is 108 cm³/mol. The molecule has 0 fully saturated rings. The van der Waals surface area contributed by atoms with E-state index in [1.54, 1.807) is 19.0 Å². The number of aliphatic hydroxyl groups excluding tert-OH is 1. The summed E-state index contributed by atoms with van der Waals surface area (Å²) in [7, 11) is 5.44. The molecule has 27 heavy (non-hydrogen) atoms. The van der Waals surface area contributed by atoms with Crippen molar-refractivity contribution in [3.8, 4) is 0 Å². The normalized spacial score (nSPS) is 11.0. The number of hydrogen-bond donors (Lipinski definition) is 2. The largest absolute Gasteiger partial charge is 0.392 e. The van der Waals surface area contributed by atoms with E-state index in [1.807, 2.05) is 55.8 Å². The first-order chi connectivity index (χ1) is 12.8. The second-order valence-electron chi connectivity index (χ2n) is 7.03. The van der Waals surface area contributed by atoms with Crippen molar-refractivity contribution in [1.82, 2.24) is 14.5 Å². The maximum Gasteiger partial charge on any atom is 0.253 e. The molecule has 0 aliphatic carbocycles. The summed E-state index contributed by atoms with van der Waals surface area (Å²) in [4.78, 5) is 18.8. The highest BCUT2D eigenvalue weighted by Crippen LogP contribution is 2.27. The van der Waals surface area contributed by atoms with Gasteiger partial charge in [0.05, 0.1) is 17.8 Å². The average molecular weight is 366 g/mol. The molecule has 6 nitrogen and oxygen atoms in total. The molecule has 1 amide bonds. The molecule has 0 aliphatic heterocycles. The molecule has 1 heterocycles. The molecule has 0 bridgehead atoms. The summed E-state index contributed by atoms with van der Waals surface area (Å²) >= 11 is 0. The number of amides is 1. The van der Waals surface area contributed by atoms with Crippen LogP contribution in [-0.4, -0.2) is 39.6 Å². The maximum absolute atomic E-state index is 12.5. The molecule has 0 radical (unpaired) electrons. The molecular formula is C21H26N4O2. The number of nitrogens with zero attached hydrogens (tertiary/aromatic N) is 3. The van der Waals surface area contributed by atoms with E-state index in [4.69, 9.17) is 0 Å². The van der Waals surface area contributed by atoms with Gasteiger partial charge in [0, 0.05) is 33.3 Å². The van der Waals surface area contributed by atoms with Gasteiger partial charge in [-0.2, -0.15) is 0 Å². The van der Waals surface area contributed by atoms with Gasteiger partial charge in [0.2, 0.25) is 0 Å². The number of aliphatic hydroxyl groups is 1. The summed E-state index contributed by atoms with van der Waals surface area (Å²) in [5.41, 5.74) is 6.25. The number of carbonyl (C=O) groups excluding carboxylic acids is 1. The van der Waals surface area contributed by atoms with Crippen LogP contribution in [-0.2, 0) is 20.2 Å². The minimum absolute atomic E-state index is 0.00401. The summed E-state index contributed by atoms with van der Waals surface area (Å²) in [6.45, 7) is 4.52. The Balaban J connectivity index is 2.05. The molecule has 0 aliphatic rings. The van der Waals surface area contributed by atoms with Gasteiger partial charge in [0.1, 0.15) is 11.3 Å². The Bertz CT molecular complexity index is 1010. The lowest BCUT2D eigenvalue weighted by Crippen LogP contribution is -2.21. The Kier molecular flexibility index (Phi) is 5.19. The zero-order valence-electron chi connectivity index (χ0n) is 16.5. The van der Waals surface area contributed by atoms with E-state index >= 15 is 0 Å². The van der Waals surface area contributed by atoms with E-state index in [9.17, 15) is 9.90 Å². The van der Waals surface area contributed by atoms with Crippen molar-refractivity contribution in [3.05, 3.63) is 58.4 Å². The topological polar surface area (TPSA) is 70.4 Å². The van der Waals surface area contributed by atoms with Gasteiger partial charge in [-0.3, -0.25) is 4.79 Å². The van der Waals surface area contributed by atoms with Gasteiger partial charge in [-0.1, -0.05) is 18.2 Å². The lowest BCUT2D eigenvalue weighted by molar-refractivity contribution is 0.0828. The quantitative estimate of drug-likeness (QED) is 0.728. The number of anilines is 1. The molecule has 2 aromatic carbocycles. The number of fused-ring (bicyclic) bond motifs is 1. The summed E-state index contributed by atoms with van der Waals surface area (Å²) in [6, 6.07) is 9.64. The predicted octanol–water partition coefficient (Wildman–Crippen LogP) is 3.00. The minimum atomic E-state index is -0.0502. The molecule has 0 atom stereocenters. The van der Waals surface area contributed by atoms with E-state index in [1.165, 1.54) is 0 Å². The summed E-state index contributed by atoms with van der Waals surface area (Å²) < 4.78 is 1.99. The Morgan fingerprint density at radius 2 is 2.00 bits per heavy atom. The molecule has 0 spiro atoms. The number of rotatable bonds is 5. The van der Waals surface area contributed by atoms with Crippen molar-refractivity contribution in [1.29, 1.82) is 0 Å². The molecule has 2 N–H and O–H groups in total. The monoisotopic (exact) mass is 366 g/mol. The van der Waals surface area contributed by atoms with Gasteiger partial charge >= 0.3 is 0 Å². The number of aromatic nitrogens is 2. The second kappa shape index (κ2) is 7.40.